The minimum Gasteiger partial charge on any atom is -0.456 e. The summed E-state index contributed by atoms with van der Waals surface area (Å²) in [4.78, 5) is 25.4. The van der Waals surface area contributed by atoms with Crippen molar-refractivity contribution in [2.75, 3.05) is 0 Å². The Morgan fingerprint density at radius 3 is 2.50 bits per heavy atom. The number of benzene rings is 1. The van der Waals surface area contributed by atoms with Crippen LogP contribution in [0.5, 0.6) is 0 Å². The molecule has 0 aliphatic heterocycles. The molecular weight excluding hydrogens is 299 g/mol. The van der Waals surface area contributed by atoms with E-state index in [9.17, 15) is 22.8 Å². The number of carbonyl (C=O) groups excluding carboxylic acids is 2. The molecule has 7 heteroatoms. The van der Waals surface area contributed by atoms with Crippen molar-refractivity contribution in [3.63, 3.8) is 0 Å². The van der Waals surface area contributed by atoms with Gasteiger partial charge in [-0.15, -0.1) is 0 Å². The monoisotopic (exact) mass is 311 g/mol. The predicted octanol–water partition coefficient (Wildman–Crippen LogP) is 3.59. The molecule has 0 aliphatic carbocycles. The topological polar surface area (TPSA) is 59.2 Å². The molecule has 0 spiro atoms. The Hall–Kier alpha value is -2.57. The van der Waals surface area contributed by atoms with Crippen LogP contribution in [0.25, 0.3) is 0 Å². The highest BCUT2D eigenvalue weighted by atomic mass is 19.4. The van der Waals surface area contributed by atoms with Gasteiger partial charge in [-0.25, -0.2) is 4.79 Å². The molecule has 0 radical (unpaired) electrons. The molecule has 0 atom stereocenters. The molecule has 22 heavy (non-hydrogen) atoms. The fourth-order valence-corrected chi connectivity index (χ4v) is 1.86. The van der Waals surface area contributed by atoms with Gasteiger partial charge in [0.05, 0.1) is 5.56 Å². The molecular formula is C15H12F3NO3. The second-order valence-corrected chi connectivity index (χ2v) is 4.59. The number of ketones is 1. The molecule has 0 amide bonds. The van der Waals surface area contributed by atoms with E-state index in [0.717, 1.165) is 6.07 Å². The summed E-state index contributed by atoms with van der Waals surface area (Å²) in [6.07, 6.45) is -3.18. The van der Waals surface area contributed by atoms with Gasteiger partial charge in [0.15, 0.2) is 5.78 Å². The number of aromatic nitrogens is 1. The van der Waals surface area contributed by atoms with Gasteiger partial charge in [0.1, 0.15) is 12.3 Å². The standard InChI is InChI=1S/C15H12F3NO3/c1-9(20)11-6-13(19-7-11)14(21)22-8-10-4-2-3-5-12(10)15(16,17)18/h2-7,19H,8H2,1H3. The molecule has 0 unspecified atom stereocenters. The van der Waals surface area contributed by atoms with Gasteiger partial charge < -0.3 is 9.72 Å². The van der Waals surface area contributed by atoms with Gasteiger partial charge in [-0.3, -0.25) is 4.79 Å². The van der Waals surface area contributed by atoms with Crippen molar-refractivity contribution in [2.45, 2.75) is 19.7 Å². The maximum absolute atomic E-state index is 12.8. The summed E-state index contributed by atoms with van der Waals surface area (Å²) in [6.45, 7) is 0.820. The number of halogens is 3. The summed E-state index contributed by atoms with van der Waals surface area (Å²) >= 11 is 0. The number of ether oxygens (including phenoxy) is 1. The van der Waals surface area contributed by atoms with Crippen LogP contribution in [0, 0.1) is 0 Å². The first-order valence-electron chi connectivity index (χ1n) is 6.30. The first-order chi connectivity index (χ1) is 10.3. The Kier molecular flexibility index (Phi) is 4.35. The molecule has 0 aliphatic rings. The highest BCUT2D eigenvalue weighted by molar-refractivity contribution is 5.97. The number of carbonyl (C=O) groups is 2. The van der Waals surface area contributed by atoms with Crippen LogP contribution < -0.4 is 0 Å². The van der Waals surface area contributed by atoms with E-state index in [1.54, 1.807) is 0 Å². The second-order valence-electron chi connectivity index (χ2n) is 4.59. The number of Topliss-reactive ketones (excluding diaryl/α,β-unsaturated/α-hetero) is 1. The smallest absolute Gasteiger partial charge is 0.416 e. The van der Waals surface area contributed by atoms with Crippen molar-refractivity contribution in [1.82, 2.24) is 4.98 Å². The van der Waals surface area contributed by atoms with Crippen LogP contribution in [0.15, 0.2) is 36.5 Å². The molecule has 4 nitrogen and oxygen atoms in total. The maximum atomic E-state index is 12.8. The lowest BCUT2D eigenvalue weighted by atomic mass is 10.1. The minimum atomic E-state index is -4.52. The van der Waals surface area contributed by atoms with Crippen LogP contribution in [0.2, 0.25) is 0 Å². The van der Waals surface area contributed by atoms with Gasteiger partial charge in [-0.1, -0.05) is 18.2 Å². The van der Waals surface area contributed by atoms with Crippen molar-refractivity contribution in [3.05, 3.63) is 58.9 Å². The van der Waals surface area contributed by atoms with Gasteiger partial charge >= 0.3 is 12.1 Å². The lowest BCUT2D eigenvalue weighted by molar-refractivity contribution is -0.138. The van der Waals surface area contributed by atoms with Crippen molar-refractivity contribution in [1.29, 1.82) is 0 Å². The molecule has 1 aromatic heterocycles. The van der Waals surface area contributed by atoms with E-state index in [2.05, 4.69) is 4.98 Å². The Balaban J connectivity index is 2.10. The summed E-state index contributed by atoms with van der Waals surface area (Å²) in [7, 11) is 0. The first-order valence-corrected chi connectivity index (χ1v) is 6.30. The molecule has 1 N–H and O–H groups in total. The summed E-state index contributed by atoms with van der Waals surface area (Å²) in [5.74, 6) is -1.07. The normalized spacial score (nSPS) is 11.3. The van der Waals surface area contributed by atoms with Crippen LogP contribution in [0.3, 0.4) is 0 Å². The lowest BCUT2D eigenvalue weighted by Gasteiger charge is -2.12. The van der Waals surface area contributed by atoms with E-state index in [-0.39, 0.29) is 17.0 Å². The Bertz CT molecular complexity index is 704. The fourth-order valence-electron chi connectivity index (χ4n) is 1.86. The average Bonchev–Trinajstić information content (AvgIpc) is 2.94. The zero-order valence-corrected chi connectivity index (χ0v) is 11.5. The molecule has 0 saturated heterocycles. The Morgan fingerprint density at radius 1 is 1.23 bits per heavy atom. The van der Waals surface area contributed by atoms with E-state index < -0.39 is 24.3 Å². The van der Waals surface area contributed by atoms with Crippen LogP contribution in [-0.2, 0) is 17.5 Å². The quantitative estimate of drug-likeness (QED) is 0.693. The van der Waals surface area contributed by atoms with Gasteiger partial charge in [-0.05, 0) is 19.1 Å². The van der Waals surface area contributed by atoms with E-state index >= 15 is 0 Å². The molecule has 1 aromatic carbocycles. The third kappa shape index (κ3) is 3.55. The highest BCUT2D eigenvalue weighted by Gasteiger charge is 2.33. The van der Waals surface area contributed by atoms with Crippen LogP contribution in [0.4, 0.5) is 13.2 Å². The van der Waals surface area contributed by atoms with Crippen molar-refractivity contribution in [3.8, 4) is 0 Å². The number of esters is 1. The van der Waals surface area contributed by atoms with Crippen LogP contribution >= 0.6 is 0 Å². The van der Waals surface area contributed by atoms with E-state index in [1.807, 2.05) is 0 Å². The molecule has 0 bridgehead atoms. The van der Waals surface area contributed by atoms with Crippen molar-refractivity contribution < 1.29 is 27.5 Å². The zero-order chi connectivity index (χ0) is 16.3. The van der Waals surface area contributed by atoms with Crippen molar-refractivity contribution in [2.24, 2.45) is 0 Å². The van der Waals surface area contributed by atoms with Crippen molar-refractivity contribution >= 4 is 11.8 Å². The van der Waals surface area contributed by atoms with Crippen LogP contribution in [0.1, 0.15) is 38.9 Å². The summed E-state index contributed by atoms with van der Waals surface area (Å²) in [5, 5.41) is 0. The second kappa shape index (κ2) is 6.05. The third-order valence-electron chi connectivity index (χ3n) is 2.99. The number of nitrogens with one attached hydrogen (secondary N) is 1. The number of rotatable bonds is 4. The van der Waals surface area contributed by atoms with Gasteiger partial charge in [-0.2, -0.15) is 13.2 Å². The summed E-state index contributed by atoms with van der Waals surface area (Å²) in [6, 6.07) is 6.15. The van der Waals surface area contributed by atoms with Gasteiger partial charge in [0.25, 0.3) is 0 Å². The van der Waals surface area contributed by atoms with Gasteiger partial charge in [0.2, 0.25) is 0 Å². The van der Waals surface area contributed by atoms with E-state index in [4.69, 9.17) is 4.74 Å². The van der Waals surface area contributed by atoms with Crippen LogP contribution in [-0.4, -0.2) is 16.7 Å². The summed E-state index contributed by atoms with van der Waals surface area (Å²) < 4.78 is 43.3. The Morgan fingerprint density at radius 2 is 1.91 bits per heavy atom. The SMILES string of the molecule is CC(=O)c1c[nH]c(C(=O)OCc2ccccc2C(F)(F)F)c1. The fraction of sp³-hybridized carbons (Fsp3) is 0.200. The first kappa shape index (κ1) is 15.8. The molecule has 0 fully saturated rings. The summed E-state index contributed by atoms with van der Waals surface area (Å²) in [5.41, 5.74) is -0.683. The molecule has 116 valence electrons. The molecule has 2 rings (SSSR count). The number of hydrogen-bond acceptors (Lipinski definition) is 3. The lowest BCUT2D eigenvalue weighted by Crippen LogP contribution is -2.12. The third-order valence-corrected chi connectivity index (χ3v) is 2.99. The molecule has 1 heterocycles. The zero-order valence-electron chi connectivity index (χ0n) is 11.5. The minimum absolute atomic E-state index is 0.00897. The van der Waals surface area contributed by atoms with E-state index in [1.165, 1.54) is 37.4 Å². The highest BCUT2D eigenvalue weighted by Crippen LogP contribution is 2.32. The largest absolute Gasteiger partial charge is 0.456 e. The number of aromatic amines is 1. The van der Waals surface area contributed by atoms with E-state index in [0.29, 0.717) is 5.56 Å². The predicted molar refractivity (Wildman–Crippen MR) is 71.4 cm³/mol. The van der Waals surface area contributed by atoms with Gasteiger partial charge in [0, 0.05) is 17.3 Å². The number of alkyl halides is 3. The Labute approximate surface area is 123 Å². The average molecular weight is 311 g/mol. The maximum Gasteiger partial charge on any atom is 0.416 e. The number of hydrogen-bond donors (Lipinski definition) is 1. The molecule has 0 saturated carbocycles. The molecule has 2 aromatic rings. The number of H-pyrrole nitrogens is 1.